The molecule has 28 heavy (non-hydrogen) atoms. The van der Waals surface area contributed by atoms with Crippen LogP contribution >= 0.6 is 0 Å². The van der Waals surface area contributed by atoms with Gasteiger partial charge in [-0.2, -0.15) is 13.5 Å². The number of nitrogens with one attached hydrogen (secondary N) is 1. The van der Waals surface area contributed by atoms with Gasteiger partial charge in [-0.15, -0.1) is 5.11 Å². The molecule has 146 valence electrons. The first-order valence-corrected chi connectivity index (χ1v) is 9.91. The largest absolute Gasteiger partial charge is 0.299 e. The standard InChI is InChI=1S/C19H20N4O4S/c1-11-5-8-16(13(3)9-11)20-21-18-14(4)22-23(19(18)24)17-10-15(28(25,26)27)7-6-12(17)2/h5-10,22H,1-4H3,(H,25,26,27). The molecule has 0 saturated heterocycles. The Bertz CT molecular complexity index is 1250. The summed E-state index contributed by atoms with van der Waals surface area (Å²) in [5, 5.41) is 11.2. The summed E-state index contributed by atoms with van der Waals surface area (Å²) in [6.07, 6.45) is 0. The van der Waals surface area contributed by atoms with Crippen LogP contribution in [0.2, 0.25) is 0 Å². The predicted octanol–water partition coefficient (Wildman–Crippen LogP) is 4.06. The molecular formula is C19H20N4O4S. The van der Waals surface area contributed by atoms with Crippen molar-refractivity contribution in [3.63, 3.8) is 0 Å². The van der Waals surface area contributed by atoms with Crippen LogP contribution in [0.4, 0.5) is 11.4 Å². The summed E-state index contributed by atoms with van der Waals surface area (Å²) in [5.74, 6) is 0. The molecule has 0 aliphatic rings. The van der Waals surface area contributed by atoms with Crippen LogP contribution in [0.3, 0.4) is 0 Å². The summed E-state index contributed by atoms with van der Waals surface area (Å²) in [7, 11) is -4.39. The van der Waals surface area contributed by atoms with Gasteiger partial charge in [-0.25, -0.2) is 4.68 Å². The van der Waals surface area contributed by atoms with Crippen LogP contribution in [0.15, 0.2) is 56.3 Å². The Hall–Kier alpha value is -3.04. The lowest BCUT2D eigenvalue weighted by molar-refractivity contribution is 0.483. The highest BCUT2D eigenvalue weighted by Crippen LogP contribution is 2.24. The predicted molar refractivity (Wildman–Crippen MR) is 106 cm³/mol. The van der Waals surface area contributed by atoms with E-state index >= 15 is 0 Å². The van der Waals surface area contributed by atoms with Crippen LogP contribution in [-0.4, -0.2) is 22.8 Å². The second-order valence-corrected chi connectivity index (χ2v) is 8.06. The van der Waals surface area contributed by atoms with Crippen molar-refractivity contribution in [1.29, 1.82) is 0 Å². The van der Waals surface area contributed by atoms with Gasteiger partial charge in [0.2, 0.25) is 0 Å². The van der Waals surface area contributed by atoms with Crippen LogP contribution < -0.4 is 5.56 Å². The van der Waals surface area contributed by atoms with E-state index in [1.807, 2.05) is 32.0 Å². The topological polar surface area (TPSA) is 117 Å². The minimum Gasteiger partial charge on any atom is -0.293 e. The van der Waals surface area contributed by atoms with Crippen molar-refractivity contribution in [2.24, 2.45) is 10.2 Å². The van der Waals surface area contributed by atoms with E-state index in [0.29, 0.717) is 22.6 Å². The molecule has 2 N–H and O–H groups in total. The van der Waals surface area contributed by atoms with E-state index in [1.165, 1.54) is 22.9 Å². The van der Waals surface area contributed by atoms with E-state index < -0.39 is 15.7 Å². The second kappa shape index (κ2) is 7.17. The van der Waals surface area contributed by atoms with Crippen molar-refractivity contribution >= 4 is 21.5 Å². The molecule has 3 rings (SSSR count). The average molecular weight is 400 g/mol. The Kier molecular flexibility index (Phi) is 5.05. The third-order valence-corrected chi connectivity index (χ3v) is 5.22. The lowest BCUT2D eigenvalue weighted by atomic mass is 10.1. The van der Waals surface area contributed by atoms with E-state index in [9.17, 15) is 17.8 Å². The summed E-state index contributed by atoms with van der Waals surface area (Å²) >= 11 is 0. The van der Waals surface area contributed by atoms with Crippen molar-refractivity contribution in [3.05, 3.63) is 69.1 Å². The van der Waals surface area contributed by atoms with Crippen LogP contribution in [0.5, 0.6) is 0 Å². The molecule has 0 atom stereocenters. The van der Waals surface area contributed by atoms with Crippen molar-refractivity contribution < 1.29 is 13.0 Å². The van der Waals surface area contributed by atoms with E-state index in [0.717, 1.165) is 11.1 Å². The van der Waals surface area contributed by atoms with Gasteiger partial charge in [0.15, 0.2) is 5.69 Å². The zero-order chi connectivity index (χ0) is 20.6. The highest BCUT2D eigenvalue weighted by molar-refractivity contribution is 7.85. The molecular weight excluding hydrogens is 380 g/mol. The molecule has 1 heterocycles. The molecule has 0 fully saturated rings. The zero-order valence-corrected chi connectivity index (χ0v) is 16.7. The van der Waals surface area contributed by atoms with Gasteiger partial charge >= 0.3 is 0 Å². The molecule has 1 aromatic heterocycles. The smallest absolute Gasteiger partial charge is 0.293 e. The summed E-state index contributed by atoms with van der Waals surface area (Å²) in [5.41, 5.74) is 3.78. The third kappa shape index (κ3) is 3.80. The maximum absolute atomic E-state index is 12.8. The van der Waals surface area contributed by atoms with Crippen molar-refractivity contribution in [1.82, 2.24) is 9.78 Å². The molecule has 0 unspecified atom stereocenters. The first-order chi connectivity index (χ1) is 13.1. The molecule has 0 radical (unpaired) electrons. The van der Waals surface area contributed by atoms with E-state index in [-0.39, 0.29) is 10.6 Å². The first kappa shape index (κ1) is 19.7. The van der Waals surface area contributed by atoms with Gasteiger partial charge in [-0.3, -0.25) is 14.4 Å². The Morgan fingerprint density at radius 1 is 0.964 bits per heavy atom. The lowest BCUT2D eigenvalue weighted by Crippen LogP contribution is -2.16. The van der Waals surface area contributed by atoms with Gasteiger partial charge in [-0.1, -0.05) is 23.8 Å². The SMILES string of the molecule is Cc1ccc(N=Nc2c(C)[nH]n(-c3cc(S(=O)(=O)O)ccc3C)c2=O)c(C)c1. The van der Waals surface area contributed by atoms with Gasteiger partial charge in [0, 0.05) is 0 Å². The summed E-state index contributed by atoms with van der Waals surface area (Å²) < 4.78 is 33.3. The molecule has 9 heteroatoms. The number of H-pyrrole nitrogens is 1. The number of azo groups is 1. The number of aromatic amines is 1. The summed E-state index contributed by atoms with van der Waals surface area (Å²) in [6.45, 7) is 7.29. The molecule has 0 aliphatic heterocycles. The molecule has 0 aliphatic carbocycles. The molecule has 0 saturated carbocycles. The second-order valence-electron chi connectivity index (χ2n) is 6.64. The molecule has 2 aromatic carbocycles. The fourth-order valence-corrected chi connectivity index (χ4v) is 3.34. The Morgan fingerprint density at radius 2 is 1.68 bits per heavy atom. The highest BCUT2D eigenvalue weighted by atomic mass is 32.2. The summed E-state index contributed by atoms with van der Waals surface area (Å²) in [4.78, 5) is 12.5. The molecule has 0 amide bonds. The maximum Gasteiger partial charge on any atom is 0.299 e. The maximum atomic E-state index is 12.8. The van der Waals surface area contributed by atoms with Crippen LogP contribution in [0.25, 0.3) is 5.69 Å². The van der Waals surface area contributed by atoms with E-state index in [4.69, 9.17) is 0 Å². The van der Waals surface area contributed by atoms with E-state index in [2.05, 4.69) is 15.3 Å². The Labute approximate surface area is 162 Å². The molecule has 0 bridgehead atoms. The average Bonchev–Trinajstić information content (AvgIpc) is 2.88. The van der Waals surface area contributed by atoms with Crippen LogP contribution in [0, 0.1) is 27.7 Å². The van der Waals surface area contributed by atoms with Crippen LogP contribution in [0.1, 0.15) is 22.4 Å². The minimum absolute atomic E-state index is 0.122. The van der Waals surface area contributed by atoms with Crippen LogP contribution in [-0.2, 0) is 10.1 Å². The molecule has 8 nitrogen and oxygen atoms in total. The lowest BCUT2D eigenvalue weighted by Gasteiger charge is -2.07. The normalized spacial score (nSPS) is 12.0. The fraction of sp³-hybridized carbons (Fsp3) is 0.211. The van der Waals surface area contributed by atoms with Crippen molar-refractivity contribution in [2.45, 2.75) is 32.6 Å². The Balaban J connectivity index is 2.08. The molecule has 0 spiro atoms. The highest BCUT2D eigenvalue weighted by Gasteiger charge is 2.17. The summed E-state index contributed by atoms with van der Waals surface area (Å²) in [6, 6.07) is 9.73. The zero-order valence-electron chi connectivity index (χ0n) is 15.9. The number of nitrogens with zero attached hydrogens (tertiary/aromatic N) is 3. The van der Waals surface area contributed by atoms with Gasteiger partial charge in [0.25, 0.3) is 15.7 Å². The van der Waals surface area contributed by atoms with Gasteiger partial charge in [0.05, 0.1) is 22.0 Å². The van der Waals surface area contributed by atoms with Crippen molar-refractivity contribution in [3.8, 4) is 5.69 Å². The number of benzene rings is 2. The van der Waals surface area contributed by atoms with Gasteiger partial charge < -0.3 is 0 Å². The number of aryl methyl sites for hydroxylation is 4. The first-order valence-electron chi connectivity index (χ1n) is 8.47. The minimum atomic E-state index is -4.39. The number of rotatable bonds is 4. The van der Waals surface area contributed by atoms with Crippen molar-refractivity contribution in [2.75, 3.05) is 0 Å². The van der Waals surface area contributed by atoms with Gasteiger partial charge in [0.1, 0.15) is 0 Å². The Morgan fingerprint density at radius 3 is 2.32 bits per heavy atom. The fourth-order valence-electron chi connectivity index (χ4n) is 2.84. The monoisotopic (exact) mass is 400 g/mol. The van der Waals surface area contributed by atoms with E-state index in [1.54, 1.807) is 13.8 Å². The number of hydrogen-bond donors (Lipinski definition) is 2. The quantitative estimate of drug-likeness (QED) is 0.507. The van der Waals surface area contributed by atoms with Gasteiger partial charge in [-0.05, 0) is 57.0 Å². The third-order valence-electron chi connectivity index (χ3n) is 4.37. The molecule has 3 aromatic rings. The number of hydrogen-bond acceptors (Lipinski definition) is 5. The number of aromatic nitrogens is 2.